The zero-order chi connectivity index (χ0) is 17.7. The summed E-state index contributed by atoms with van der Waals surface area (Å²) in [4.78, 5) is 11.8. The monoisotopic (exact) mass is 344 g/mol. The normalized spacial score (nSPS) is 46.5. The van der Waals surface area contributed by atoms with E-state index in [9.17, 15) is 15.0 Å². The third-order valence-electron chi connectivity index (χ3n) is 8.34. The van der Waals surface area contributed by atoms with E-state index >= 15 is 0 Å². The Bertz CT molecular complexity index is 606. The van der Waals surface area contributed by atoms with Gasteiger partial charge in [-0.1, -0.05) is 24.6 Å². The quantitative estimate of drug-likeness (QED) is 0.766. The third kappa shape index (κ3) is 2.49. The van der Waals surface area contributed by atoms with E-state index in [0.29, 0.717) is 29.5 Å². The van der Waals surface area contributed by atoms with Gasteiger partial charge in [0, 0.05) is 11.8 Å². The molecule has 0 bridgehead atoms. The lowest BCUT2D eigenvalue weighted by Gasteiger charge is -2.56. The van der Waals surface area contributed by atoms with Crippen LogP contribution >= 0.6 is 0 Å². The summed E-state index contributed by atoms with van der Waals surface area (Å²) in [6, 6.07) is 0. The maximum Gasteiger partial charge on any atom is 0.155 e. The molecule has 138 valence electrons. The van der Waals surface area contributed by atoms with Crippen LogP contribution in [0.3, 0.4) is 0 Å². The maximum absolute atomic E-state index is 11.8. The van der Waals surface area contributed by atoms with Crippen molar-refractivity contribution in [3.8, 4) is 0 Å². The van der Waals surface area contributed by atoms with Gasteiger partial charge >= 0.3 is 0 Å². The topological polar surface area (TPSA) is 57.5 Å². The molecule has 3 nitrogen and oxygen atoms in total. The minimum atomic E-state index is -0.751. The number of fused-ring (bicyclic) bond motifs is 5. The molecule has 4 aliphatic rings. The summed E-state index contributed by atoms with van der Waals surface area (Å²) in [7, 11) is 0. The van der Waals surface area contributed by atoms with E-state index in [4.69, 9.17) is 0 Å². The summed E-state index contributed by atoms with van der Waals surface area (Å²) < 4.78 is 0. The first-order chi connectivity index (χ1) is 12.0. The van der Waals surface area contributed by atoms with E-state index in [2.05, 4.69) is 6.92 Å². The molecule has 0 amide bonds. The number of hydrogen-bond donors (Lipinski definition) is 2. The molecule has 0 saturated heterocycles. The Morgan fingerprint density at radius 3 is 2.76 bits per heavy atom. The third-order valence-corrected chi connectivity index (χ3v) is 8.34. The Morgan fingerprint density at radius 1 is 1.16 bits per heavy atom. The highest BCUT2D eigenvalue weighted by Crippen LogP contribution is 2.66. The summed E-state index contributed by atoms with van der Waals surface area (Å²) in [6.45, 7) is 2.24. The largest absolute Gasteiger partial charge is 0.392 e. The molecule has 0 aromatic heterocycles. The molecule has 3 fully saturated rings. The smallest absolute Gasteiger partial charge is 0.155 e. The number of hydrogen-bond acceptors (Lipinski definition) is 3. The summed E-state index contributed by atoms with van der Waals surface area (Å²) >= 11 is 0. The van der Waals surface area contributed by atoms with E-state index in [1.807, 2.05) is 12.2 Å². The van der Waals surface area contributed by atoms with Crippen LogP contribution in [0.15, 0.2) is 23.8 Å². The Hall–Kier alpha value is -0.930. The van der Waals surface area contributed by atoms with Gasteiger partial charge in [0.1, 0.15) is 0 Å². The Morgan fingerprint density at radius 2 is 2.00 bits per heavy atom. The Kier molecular flexibility index (Phi) is 4.44. The van der Waals surface area contributed by atoms with Crippen molar-refractivity contribution >= 4 is 5.78 Å². The van der Waals surface area contributed by atoms with Crippen LogP contribution < -0.4 is 0 Å². The van der Waals surface area contributed by atoms with Crippen molar-refractivity contribution in [3.05, 3.63) is 23.8 Å². The number of aliphatic hydroxyl groups is 2. The highest BCUT2D eigenvalue weighted by Gasteiger charge is 2.62. The van der Waals surface area contributed by atoms with E-state index in [1.165, 1.54) is 18.4 Å². The van der Waals surface area contributed by atoms with Crippen molar-refractivity contribution in [2.45, 2.75) is 70.3 Å². The number of aliphatic hydroxyl groups excluding tert-OH is 1. The van der Waals surface area contributed by atoms with E-state index in [0.717, 1.165) is 44.9 Å². The summed E-state index contributed by atoms with van der Waals surface area (Å²) in [5, 5.41) is 20.7. The fourth-order valence-electron chi connectivity index (χ4n) is 7.29. The second-order valence-corrected chi connectivity index (χ2v) is 8.90. The van der Waals surface area contributed by atoms with E-state index in [1.54, 1.807) is 6.08 Å². The molecule has 0 spiro atoms. The van der Waals surface area contributed by atoms with Crippen molar-refractivity contribution in [2.24, 2.45) is 29.1 Å². The summed E-state index contributed by atoms with van der Waals surface area (Å²) in [5.41, 5.74) is 0.652. The lowest BCUT2D eigenvalue weighted by Crippen LogP contribution is -2.53. The summed E-state index contributed by atoms with van der Waals surface area (Å²) in [5.74, 6) is 2.94. The fourth-order valence-corrected chi connectivity index (χ4v) is 7.29. The average molecular weight is 344 g/mol. The standard InChI is InChI=1S/C22H32O3/c1-2-21-11-8-18-17-7-5-16(24)14-15(17)4-6-19(18)20(21)9-12-22(21,25)10-3-13-23/h3,10,14,17-20,23,25H,2,4-9,11-13H2,1H3/b10-3-/t17?,18?,19?,20?,21?,22-/m0/s1. The zero-order valence-electron chi connectivity index (χ0n) is 15.4. The molecular weight excluding hydrogens is 312 g/mol. The minimum Gasteiger partial charge on any atom is -0.392 e. The minimum absolute atomic E-state index is 0.00306. The molecule has 0 aromatic rings. The molecule has 3 heteroatoms. The van der Waals surface area contributed by atoms with Crippen LogP contribution in [0.5, 0.6) is 0 Å². The first-order valence-corrected chi connectivity index (χ1v) is 10.3. The van der Waals surface area contributed by atoms with Crippen LogP contribution in [0.1, 0.15) is 64.7 Å². The maximum atomic E-state index is 11.8. The van der Waals surface area contributed by atoms with Gasteiger partial charge in [0.25, 0.3) is 0 Å². The Balaban J connectivity index is 1.64. The molecule has 4 aliphatic carbocycles. The number of carbonyl (C=O) groups is 1. The molecule has 4 rings (SSSR count). The molecule has 2 N–H and O–H groups in total. The molecule has 0 aromatic carbocycles. The van der Waals surface area contributed by atoms with Crippen molar-refractivity contribution in [1.82, 2.24) is 0 Å². The predicted molar refractivity (Wildman–Crippen MR) is 97.9 cm³/mol. The molecular formula is C22H32O3. The molecule has 5 unspecified atom stereocenters. The van der Waals surface area contributed by atoms with Crippen molar-refractivity contribution < 1.29 is 15.0 Å². The first kappa shape index (κ1) is 17.5. The fraction of sp³-hybridized carbons (Fsp3) is 0.773. The highest BCUT2D eigenvalue weighted by atomic mass is 16.3. The van der Waals surface area contributed by atoms with Gasteiger partial charge in [0.05, 0.1) is 12.2 Å². The highest BCUT2D eigenvalue weighted by molar-refractivity contribution is 5.91. The number of carbonyl (C=O) groups excluding carboxylic acids is 1. The second-order valence-electron chi connectivity index (χ2n) is 8.90. The van der Waals surface area contributed by atoms with Crippen LogP contribution in [0.4, 0.5) is 0 Å². The van der Waals surface area contributed by atoms with Gasteiger partial charge in [-0.2, -0.15) is 0 Å². The van der Waals surface area contributed by atoms with Gasteiger partial charge in [0.2, 0.25) is 0 Å². The molecule has 25 heavy (non-hydrogen) atoms. The summed E-state index contributed by atoms with van der Waals surface area (Å²) in [6.07, 6.45) is 14.9. The van der Waals surface area contributed by atoms with E-state index in [-0.39, 0.29) is 12.0 Å². The molecule has 6 atom stereocenters. The molecule has 0 heterocycles. The van der Waals surface area contributed by atoms with Crippen LogP contribution in [-0.4, -0.2) is 28.2 Å². The van der Waals surface area contributed by atoms with Crippen molar-refractivity contribution in [2.75, 3.05) is 6.61 Å². The van der Waals surface area contributed by atoms with Crippen LogP contribution in [0.25, 0.3) is 0 Å². The zero-order valence-corrected chi connectivity index (χ0v) is 15.4. The van der Waals surface area contributed by atoms with Crippen LogP contribution in [-0.2, 0) is 4.79 Å². The lowest BCUT2D eigenvalue weighted by atomic mass is 9.49. The van der Waals surface area contributed by atoms with Gasteiger partial charge in [-0.05, 0) is 81.1 Å². The van der Waals surface area contributed by atoms with Crippen molar-refractivity contribution in [3.63, 3.8) is 0 Å². The number of ketones is 1. The van der Waals surface area contributed by atoms with Gasteiger partial charge in [0.15, 0.2) is 5.78 Å². The predicted octanol–water partition coefficient (Wildman–Crippen LogP) is 3.80. The number of rotatable bonds is 3. The van der Waals surface area contributed by atoms with Crippen LogP contribution in [0.2, 0.25) is 0 Å². The van der Waals surface area contributed by atoms with Crippen molar-refractivity contribution in [1.29, 1.82) is 0 Å². The van der Waals surface area contributed by atoms with Gasteiger partial charge in [-0.15, -0.1) is 0 Å². The molecule has 3 saturated carbocycles. The van der Waals surface area contributed by atoms with Gasteiger partial charge in [-0.25, -0.2) is 0 Å². The Labute approximate surface area is 151 Å². The second kappa shape index (κ2) is 6.35. The SMILES string of the molecule is CCC12CCC3C4CCC(=O)C=C4CCC3C1CC[C@@]2(O)/C=C\CO. The van der Waals surface area contributed by atoms with Crippen LogP contribution in [0, 0.1) is 29.1 Å². The van der Waals surface area contributed by atoms with Gasteiger partial charge in [-0.3, -0.25) is 4.79 Å². The molecule has 0 aliphatic heterocycles. The van der Waals surface area contributed by atoms with Gasteiger partial charge < -0.3 is 10.2 Å². The first-order valence-electron chi connectivity index (χ1n) is 10.3. The lowest BCUT2D eigenvalue weighted by molar-refractivity contribution is -0.117. The average Bonchev–Trinajstić information content (AvgIpc) is 2.93. The van der Waals surface area contributed by atoms with E-state index < -0.39 is 5.60 Å². The molecule has 0 radical (unpaired) electrons. The number of allylic oxidation sites excluding steroid dienone is 1.